The van der Waals surface area contributed by atoms with Crippen LogP contribution in [0.2, 0.25) is 5.02 Å². The molecule has 0 bridgehead atoms. The molecule has 0 aliphatic rings. The zero-order valence-electron chi connectivity index (χ0n) is 5.11. The Morgan fingerprint density at radius 1 is 1.45 bits per heavy atom. The quantitative estimate of drug-likeness (QED) is 0.541. The van der Waals surface area contributed by atoms with Gasteiger partial charge in [-0.3, -0.25) is 0 Å². The first-order valence-electron chi connectivity index (χ1n) is 2.59. The minimum absolute atomic E-state index is 0.0448. The smallest absolute Gasteiger partial charge is 0.169 e. The Labute approximate surface area is 75.4 Å². The van der Waals surface area contributed by atoms with E-state index in [0.717, 1.165) is 6.07 Å². The molecular formula is C6H3BrClFO2. The van der Waals surface area contributed by atoms with Gasteiger partial charge in [0.2, 0.25) is 0 Å². The van der Waals surface area contributed by atoms with Crippen LogP contribution >= 0.6 is 27.5 Å². The number of rotatable bonds is 0. The van der Waals surface area contributed by atoms with E-state index in [9.17, 15) is 4.39 Å². The Morgan fingerprint density at radius 2 is 2.00 bits per heavy atom. The lowest BCUT2D eigenvalue weighted by Crippen LogP contribution is -1.79. The zero-order valence-corrected chi connectivity index (χ0v) is 7.45. The number of hydrogen-bond donors (Lipinski definition) is 2. The standard InChI is InChI=1S/C6H3BrClFO2/c7-4-5(8)3(10)1-2(9)6(4)11/h1,10-11H. The van der Waals surface area contributed by atoms with E-state index in [1.807, 2.05) is 0 Å². The van der Waals surface area contributed by atoms with Gasteiger partial charge < -0.3 is 10.2 Å². The highest BCUT2D eigenvalue weighted by atomic mass is 79.9. The van der Waals surface area contributed by atoms with Crippen LogP contribution in [0, 0.1) is 5.82 Å². The van der Waals surface area contributed by atoms with E-state index in [1.165, 1.54) is 0 Å². The van der Waals surface area contributed by atoms with Crippen LogP contribution in [0.5, 0.6) is 11.5 Å². The van der Waals surface area contributed by atoms with Crippen molar-refractivity contribution in [3.63, 3.8) is 0 Å². The normalized spacial score (nSPS) is 10.1. The molecule has 0 heterocycles. The van der Waals surface area contributed by atoms with Crippen molar-refractivity contribution < 1.29 is 14.6 Å². The van der Waals surface area contributed by atoms with Gasteiger partial charge in [-0.05, 0) is 15.9 Å². The summed E-state index contributed by atoms with van der Waals surface area (Å²) < 4.78 is 12.5. The van der Waals surface area contributed by atoms with Gasteiger partial charge in [0.05, 0.1) is 4.47 Å². The lowest BCUT2D eigenvalue weighted by atomic mass is 10.3. The van der Waals surface area contributed by atoms with Gasteiger partial charge in [0, 0.05) is 6.07 Å². The number of hydrogen-bond acceptors (Lipinski definition) is 2. The Kier molecular flexibility index (Phi) is 2.25. The fourth-order valence-electron chi connectivity index (χ4n) is 0.573. The van der Waals surface area contributed by atoms with Gasteiger partial charge in [-0.15, -0.1) is 0 Å². The fourth-order valence-corrected chi connectivity index (χ4v) is 1.11. The summed E-state index contributed by atoms with van der Waals surface area (Å²) in [5.41, 5.74) is 0. The first-order valence-corrected chi connectivity index (χ1v) is 3.76. The van der Waals surface area contributed by atoms with Gasteiger partial charge in [0.15, 0.2) is 11.6 Å². The van der Waals surface area contributed by atoms with Crippen molar-refractivity contribution >= 4 is 27.5 Å². The van der Waals surface area contributed by atoms with Crippen molar-refractivity contribution in [3.8, 4) is 11.5 Å². The summed E-state index contributed by atoms with van der Waals surface area (Å²) >= 11 is 8.23. The maximum atomic E-state index is 12.5. The molecule has 0 fully saturated rings. The molecule has 0 atom stereocenters. The molecule has 5 heteroatoms. The van der Waals surface area contributed by atoms with Crippen molar-refractivity contribution in [2.45, 2.75) is 0 Å². The van der Waals surface area contributed by atoms with Gasteiger partial charge in [-0.1, -0.05) is 11.6 Å². The van der Waals surface area contributed by atoms with Crippen LogP contribution in [0.25, 0.3) is 0 Å². The topological polar surface area (TPSA) is 40.5 Å². The lowest BCUT2D eigenvalue weighted by Gasteiger charge is -2.02. The molecule has 2 N–H and O–H groups in total. The molecule has 60 valence electrons. The molecule has 1 aromatic carbocycles. The van der Waals surface area contributed by atoms with Gasteiger partial charge >= 0.3 is 0 Å². The summed E-state index contributed by atoms with van der Waals surface area (Å²) in [6.45, 7) is 0. The third kappa shape index (κ3) is 1.41. The van der Waals surface area contributed by atoms with E-state index in [0.29, 0.717) is 0 Å². The molecule has 0 aliphatic carbocycles. The second kappa shape index (κ2) is 2.87. The predicted octanol–water partition coefficient (Wildman–Crippen LogP) is 2.65. The van der Waals surface area contributed by atoms with Crippen molar-refractivity contribution in [1.82, 2.24) is 0 Å². The number of phenolic OH excluding ortho intramolecular Hbond substituents is 2. The van der Waals surface area contributed by atoms with Crippen molar-refractivity contribution in [1.29, 1.82) is 0 Å². The minimum Gasteiger partial charge on any atom is -0.506 e. The molecule has 11 heavy (non-hydrogen) atoms. The largest absolute Gasteiger partial charge is 0.506 e. The molecule has 0 saturated heterocycles. The highest BCUT2D eigenvalue weighted by Gasteiger charge is 2.13. The zero-order chi connectivity index (χ0) is 8.59. The van der Waals surface area contributed by atoms with Crippen LogP contribution in [0.15, 0.2) is 10.5 Å². The molecule has 0 unspecified atom stereocenters. The van der Waals surface area contributed by atoms with Crippen molar-refractivity contribution in [3.05, 3.63) is 21.4 Å². The second-order valence-electron chi connectivity index (χ2n) is 1.85. The third-order valence-corrected chi connectivity index (χ3v) is 2.50. The van der Waals surface area contributed by atoms with E-state index >= 15 is 0 Å². The van der Waals surface area contributed by atoms with E-state index < -0.39 is 17.3 Å². The molecule has 0 radical (unpaired) electrons. The molecule has 0 aliphatic heterocycles. The monoisotopic (exact) mass is 240 g/mol. The molecule has 1 rings (SSSR count). The Balaban J connectivity index is 3.46. The molecule has 0 spiro atoms. The lowest BCUT2D eigenvalue weighted by molar-refractivity contribution is 0.418. The summed E-state index contributed by atoms with van der Waals surface area (Å²) in [7, 11) is 0. The molecular weight excluding hydrogens is 238 g/mol. The number of halogens is 3. The summed E-state index contributed by atoms with van der Waals surface area (Å²) in [6.07, 6.45) is 0. The van der Waals surface area contributed by atoms with Crippen molar-refractivity contribution in [2.24, 2.45) is 0 Å². The predicted molar refractivity (Wildman–Crippen MR) is 42.4 cm³/mol. The van der Waals surface area contributed by atoms with E-state index in [1.54, 1.807) is 0 Å². The maximum absolute atomic E-state index is 12.5. The Hall–Kier alpha value is -0.480. The number of aromatic hydroxyl groups is 2. The van der Waals surface area contributed by atoms with Crippen LogP contribution in [-0.2, 0) is 0 Å². The van der Waals surface area contributed by atoms with E-state index in [2.05, 4.69) is 15.9 Å². The van der Waals surface area contributed by atoms with Crippen LogP contribution < -0.4 is 0 Å². The molecule has 0 saturated carbocycles. The van der Waals surface area contributed by atoms with Crippen LogP contribution in [0.1, 0.15) is 0 Å². The first-order chi connectivity index (χ1) is 5.04. The maximum Gasteiger partial charge on any atom is 0.169 e. The van der Waals surface area contributed by atoms with E-state index in [-0.39, 0.29) is 9.50 Å². The highest BCUT2D eigenvalue weighted by molar-refractivity contribution is 9.10. The average molecular weight is 241 g/mol. The van der Waals surface area contributed by atoms with Crippen LogP contribution in [0.4, 0.5) is 4.39 Å². The molecule has 0 amide bonds. The van der Waals surface area contributed by atoms with Gasteiger partial charge in [0.1, 0.15) is 10.8 Å². The van der Waals surface area contributed by atoms with Crippen molar-refractivity contribution in [2.75, 3.05) is 0 Å². The minimum atomic E-state index is -0.918. The summed E-state index contributed by atoms with van der Waals surface area (Å²) in [4.78, 5) is 0. The van der Waals surface area contributed by atoms with Gasteiger partial charge in [-0.25, -0.2) is 4.39 Å². The van der Waals surface area contributed by atoms with E-state index in [4.69, 9.17) is 21.8 Å². The van der Waals surface area contributed by atoms with Crippen LogP contribution in [0.3, 0.4) is 0 Å². The summed E-state index contributed by atoms with van der Waals surface area (Å²) in [5, 5.41) is 17.7. The van der Waals surface area contributed by atoms with Gasteiger partial charge in [-0.2, -0.15) is 0 Å². The number of benzene rings is 1. The summed E-state index contributed by atoms with van der Waals surface area (Å²) in [6, 6.07) is 0.739. The third-order valence-electron chi connectivity index (χ3n) is 1.12. The second-order valence-corrected chi connectivity index (χ2v) is 3.03. The van der Waals surface area contributed by atoms with Crippen LogP contribution in [-0.4, -0.2) is 10.2 Å². The average Bonchev–Trinajstić information content (AvgIpc) is 1.97. The Bertz CT molecular complexity index is 277. The molecule has 0 aromatic heterocycles. The van der Waals surface area contributed by atoms with Gasteiger partial charge in [0.25, 0.3) is 0 Å². The number of phenols is 2. The molecule has 2 nitrogen and oxygen atoms in total. The summed E-state index contributed by atoms with van der Waals surface area (Å²) in [5.74, 6) is -1.93. The SMILES string of the molecule is Oc1cc(F)c(O)c(Br)c1Cl. The first kappa shape index (κ1) is 8.62. The Morgan fingerprint density at radius 3 is 2.55 bits per heavy atom. The molecule has 1 aromatic rings. The highest BCUT2D eigenvalue weighted by Crippen LogP contribution is 2.39. The fraction of sp³-hybridized carbons (Fsp3) is 0.